The average molecular weight is 273 g/mol. The van der Waals surface area contributed by atoms with Gasteiger partial charge in [0, 0.05) is 0 Å². The lowest BCUT2D eigenvalue weighted by Gasteiger charge is -2.03. The van der Waals surface area contributed by atoms with Gasteiger partial charge < -0.3 is 0 Å². The fourth-order valence-corrected chi connectivity index (χ4v) is 3.27. The van der Waals surface area contributed by atoms with Crippen LogP contribution in [0.5, 0.6) is 0 Å². The summed E-state index contributed by atoms with van der Waals surface area (Å²) in [7, 11) is 0. The summed E-state index contributed by atoms with van der Waals surface area (Å²) in [4.78, 5) is 0. The van der Waals surface area contributed by atoms with E-state index in [1.807, 2.05) is 0 Å². The van der Waals surface area contributed by atoms with Crippen molar-refractivity contribution in [1.82, 2.24) is 0 Å². The zero-order valence-corrected chi connectivity index (χ0v) is 13.8. The molecule has 0 atom stereocenters. The minimum Gasteiger partial charge on any atom is -0.162 e. The second-order valence-electron chi connectivity index (χ2n) is 5.50. The van der Waals surface area contributed by atoms with Crippen LogP contribution in [0.1, 0.15) is 97.3 Å². The van der Waals surface area contributed by atoms with Crippen molar-refractivity contribution < 1.29 is 0 Å². The van der Waals surface area contributed by atoms with Gasteiger partial charge in [-0.05, 0) is 24.3 Å². The maximum atomic E-state index is 2.29. The number of hydrogen-bond donors (Lipinski definition) is 0. The van der Waals surface area contributed by atoms with Gasteiger partial charge in [-0.15, -0.1) is 0 Å². The molecular formula is C17H36S. The van der Waals surface area contributed by atoms with Crippen LogP contribution in [0.25, 0.3) is 0 Å². The molecule has 0 aliphatic carbocycles. The molecule has 1 heteroatoms. The van der Waals surface area contributed by atoms with Gasteiger partial charge in [0.25, 0.3) is 0 Å². The van der Waals surface area contributed by atoms with Crippen LogP contribution in [0.2, 0.25) is 0 Å². The Bertz CT molecular complexity index is 118. The van der Waals surface area contributed by atoms with E-state index < -0.39 is 0 Å². The smallest absolute Gasteiger partial charge is 0.00675 e. The summed E-state index contributed by atoms with van der Waals surface area (Å²) in [5.74, 6) is 2.80. The highest BCUT2D eigenvalue weighted by Gasteiger charge is 1.93. The summed E-state index contributed by atoms with van der Waals surface area (Å²) in [6.07, 6.45) is 18.8. The lowest BCUT2D eigenvalue weighted by molar-refractivity contribution is 0.563. The van der Waals surface area contributed by atoms with E-state index >= 15 is 0 Å². The second kappa shape index (κ2) is 17.4. The maximum absolute atomic E-state index is 2.29. The summed E-state index contributed by atoms with van der Waals surface area (Å²) >= 11 is 2.17. The molecule has 0 aromatic carbocycles. The van der Waals surface area contributed by atoms with Gasteiger partial charge in [-0.2, -0.15) is 11.8 Å². The first kappa shape index (κ1) is 18.4. The van der Waals surface area contributed by atoms with Gasteiger partial charge in [-0.1, -0.05) is 84.5 Å². The van der Waals surface area contributed by atoms with Gasteiger partial charge in [-0.25, -0.2) is 0 Å². The molecule has 0 radical (unpaired) electrons. The third-order valence-corrected chi connectivity index (χ3v) is 4.69. The quantitative estimate of drug-likeness (QED) is 0.294. The first-order valence-electron chi connectivity index (χ1n) is 8.49. The van der Waals surface area contributed by atoms with Crippen molar-refractivity contribution in [3.05, 3.63) is 0 Å². The lowest BCUT2D eigenvalue weighted by atomic mass is 10.1. The molecule has 0 rings (SSSR count). The maximum Gasteiger partial charge on any atom is -0.00675 e. The normalized spacial score (nSPS) is 11.0. The van der Waals surface area contributed by atoms with Crippen molar-refractivity contribution in [3.63, 3.8) is 0 Å². The van der Waals surface area contributed by atoms with Crippen LogP contribution in [0.15, 0.2) is 0 Å². The van der Waals surface area contributed by atoms with E-state index in [0.29, 0.717) is 0 Å². The first-order chi connectivity index (χ1) is 8.91. The molecule has 0 aliphatic rings. The lowest BCUT2D eigenvalue weighted by Crippen LogP contribution is -1.86. The fraction of sp³-hybridized carbons (Fsp3) is 1.00. The van der Waals surface area contributed by atoms with Gasteiger partial charge in [0.15, 0.2) is 0 Å². The third-order valence-electron chi connectivity index (χ3n) is 3.53. The summed E-state index contributed by atoms with van der Waals surface area (Å²) in [6, 6.07) is 0. The van der Waals surface area contributed by atoms with Crippen molar-refractivity contribution in [1.29, 1.82) is 0 Å². The van der Waals surface area contributed by atoms with Gasteiger partial charge in [-0.3, -0.25) is 0 Å². The Kier molecular flexibility index (Phi) is 17.7. The van der Waals surface area contributed by atoms with E-state index in [4.69, 9.17) is 0 Å². The predicted octanol–water partition coefficient (Wildman–Crippen LogP) is 6.83. The summed E-state index contributed by atoms with van der Waals surface area (Å²) < 4.78 is 0. The van der Waals surface area contributed by atoms with Gasteiger partial charge >= 0.3 is 0 Å². The minimum atomic E-state index is 1.36. The SMILES string of the molecule is CCCCCCCCCCCCSCCCCC. The van der Waals surface area contributed by atoms with Crippen LogP contribution in [0.4, 0.5) is 0 Å². The first-order valence-corrected chi connectivity index (χ1v) is 9.65. The van der Waals surface area contributed by atoms with Crippen LogP contribution >= 0.6 is 11.8 Å². The van der Waals surface area contributed by atoms with Gasteiger partial charge in [0.2, 0.25) is 0 Å². The zero-order valence-electron chi connectivity index (χ0n) is 13.0. The molecule has 0 amide bonds. The zero-order chi connectivity index (χ0) is 13.3. The third kappa shape index (κ3) is 16.4. The molecule has 0 fully saturated rings. The van der Waals surface area contributed by atoms with Crippen molar-refractivity contribution in [2.24, 2.45) is 0 Å². The van der Waals surface area contributed by atoms with Crippen LogP contribution in [0.3, 0.4) is 0 Å². The van der Waals surface area contributed by atoms with E-state index in [0.717, 1.165) is 0 Å². The van der Waals surface area contributed by atoms with Crippen LogP contribution < -0.4 is 0 Å². The van der Waals surface area contributed by atoms with E-state index in [9.17, 15) is 0 Å². The largest absolute Gasteiger partial charge is 0.162 e. The molecule has 110 valence electrons. The molecule has 0 aliphatic heterocycles. The Hall–Kier alpha value is 0.350. The topological polar surface area (TPSA) is 0 Å². The summed E-state index contributed by atoms with van der Waals surface area (Å²) in [6.45, 7) is 4.58. The van der Waals surface area contributed by atoms with Gasteiger partial charge in [0.05, 0.1) is 0 Å². The number of unbranched alkanes of at least 4 members (excludes halogenated alkanes) is 11. The molecule has 0 unspecified atom stereocenters. The van der Waals surface area contributed by atoms with E-state index in [1.165, 1.54) is 95.0 Å². The molecule has 0 saturated heterocycles. The highest BCUT2D eigenvalue weighted by Crippen LogP contribution is 2.13. The monoisotopic (exact) mass is 272 g/mol. The Morgan fingerprint density at radius 2 is 0.778 bits per heavy atom. The Balaban J connectivity index is 2.86. The number of rotatable bonds is 15. The Morgan fingerprint density at radius 1 is 0.444 bits per heavy atom. The molecule has 0 aromatic rings. The summed E-state index contributed by atoms with van der Waals surface area (Å²) in [5.41, 5.74) is 0. The predicted molar refractivity (Wildman–Crippen MR) is 88.7 cm³/mol. The Morgan fingerprint density at radius 3 is 1.28 bits per heavy atom. The van der Waals surface area contributed by atoms with Crippen molar-refractivity contribution >= 4 is 11.8 Å². The standard InChI is InChI=1S/C17H36S/c1-3-5-7-8-9-10-11-12-13-15-17-18-16-14-6-4-2/h3-17H2,1-2H3. The molecule has 0 saturated carbocycles. The van der Waals surface area contributed by atoms with Crippen molar-refractivity contribution in [2.75, 3.05) is 11.5 Å². The van der Waals surface area contributed by atoms with Crippen molar-refractivity contribution in [3.8, 4) is 0 Å². The molecule has 0 heterocycles. The number of thioether (sulfide) groups is 1. The van der Waals surface area contributed by atoms with Crippen LogP contribution in [0, 0.1) is 0 Å². The minimum absolute atomic E-state index is 1.36. The molecule has 0 nitrogen and oxygen atoms in total. The fourth-order valence-electron chi connectivity index (χ4n) is 2.25. The second-order valence-corrected chi connectivity index (χ2v) is 6.73. The van der Waals surface area contributed by atoms with E-state index in [1.54, 1.807) is 0 Å². The van der Waals surface area contributed by atoms with E-state index in [-0.39, 0.29) is 0 Å². The van der Waals surface area contributed by atoms with Gasteiger partial charge in [0.1, 0.15) is 0 Å². The molecule has 0 aromatic heterocycles. The molecule has 18 heavy (non-hydrogen) atoms. The summed E-state index contributed by atoms with van der Waals surface area (Å²) in [5, 5.41) is 0. The van der Waals surface area contributed by atoms with Crippen LogP contribution in [-0.4, -0.2) is 11.5 Å². The highest BCUT2D eigenvalue weighted by molar-refractivity contribution is 7.99. The average Bonchev–Trinajstić information content (AvgIpc) is 2.39. The van der Waals surface area contributed by atoms with Crippen LogP contribution in [-0.2, 0) is 0 Å². The molecule has 0 bridgehead atoms. The Labute approximate surface area is 121 Å². The molecule has 0 spiro atoms. The molecular weight excluding hydrogens is 236 g/mol. The molecule has 0 N–H and O–H groups in total. The highest BCUT2D eigenvalue weighted by atomic mass is 32.2. The van der Waals surface area contributed by atoms with Crippen molar-refractivity contribution in [2.45, 2.75) is 97.3 Å². The van der Waals surface area contributed by atoms with E-state index in [2.05, 4.69) is 25.6 Å². The number of hydrogen-bond acceptors (Lipinski definition) is 1.